The fraction of sp³-hybridized carbons (Fsp3) is 0.412. The van der Waals surface area contributed by atoms with Gasteiger partial charge in [0.2, 0.25) is 0 Å². The highest BCUT2D eigenvalue weighted by Crippen LogP contribution is 2.45. The van der Waals surface area contributed by atoms with Crippen LogP contribution in [-0.4, -0.2) is 54.7 Å². The molecule has 1 saturated heterocycles. The Kier molecular flexibility index (Phi) is 11.6. The van der Waals surface area contributed by atoms with Gasteiger partial charge in [0.15, 0.2) is 16.6 Å². The summed E-state index contributed by atoms with van der Waals surface area (Å²) in [5.41, 5.74) is 1.07. The first-order chi connectivity index (χ1) is 21.7. The van der Waals surface area contributed by atoms with E-state index in [4.69, 9.17) is 18.9 Å². The average molecular weight is 637 g/mol. The van der Waals surface area contributed by atoms with E-state index in [0.717, 1.165) is 43.4 Å². The Balaban J connectivity index is 1.83. The number of amides is 1. The number of aryl methyl sites for hydroxylation is 1. The summed E-state index contributed by atoms with van der Waals surface area (Å²) in [6, 6.07) is 10.8. The van der Waals surface area contributed by atoms with Crippen molar-refractivity contribution >= 4 is 39.9 Å². The summed E-state index contributed by atoms with van der Waals surface area (Å²) in [5, 5.41) is 11.7. The number of nitrogens with zero attached hydrogens (tertiary/aromatic N) is 2. The second kappa shape index (κ2) is 15.6. The molecule has 10 nitrogen and oxygen atoms in total. The molecule has 1 aromatic heterocycles. The molecule has 1 amide bonds. The molecule has 0 spiro atoms. The number of hydrogen-bond donors (Lipinski definition) is 1. The lowest BCUT2D eigenvalue weighted by Crippen LogP contribution is -2.29. The van der Waals surface area contributed by atoms with Crippen LogP contribution in [0.1, 0.15) is 85.4 Å². The second-order valence-corrected chi connectivity index (χ2v) is 11.5. The van der Waals surface area contributed by atoms with E-state index in [1.54, 1.807) is 49.4 Å². The first-order valence-corrected chi connectivity index (χ1v) is 16.1. The number of ketones is 1. The maximum Gasteiger partial charge on any atom is 0.350 e. The zero-order valence-corrected chi connectivity index (χ0v) is 27.2. The van der Waals surface area contributed by atoms with Crippen LogP contribution < -0.4 is 19.1 Å². The molecule has 1 aliphatic heterocycles. The van der Waals surface area contributed by atoms with Crippen molar-refractivity contribution in [2.75, 3.05) is 31.8 Å². The van der Waals surface area contributed by atoms with Crippen LogP contribution >= 0.6 is 11.3 Å². The summed E-state index contributed by atoms with van der Waals surface area (Å²) >= 11 is 0.938. The SMILES string of the molecule is CCCCCOc1ccc(C2/C(=C(/O)c3ccc(OCCCC)cc3)C(=O)C(=O)N2c2nc(C)c(C(=O)OC)s2)cc1OCC. The molecular weight excluding hydrogens is 596 g/mol. The predicted octanol–water partition coefficient (Wildman–Crippen LogP) is 7.01. The highest BCUT2D eigenvalue weighted by molar-refractivity contribution is 7.17. The van der Waals surface area contributed by atoms with E-state index < -0.39 is 23.7 Å². The summed E-state index contributed by atoms with van der Waals surface area (Å²) < 4.78 is 22.5. The van der Waals surface area contributed by atoms with Gasteiger partial charge in [-0.2, -0.15) is 0 Å². The lowest BCUT2D eigenvalue weighted by atomic mass is 9.95. The zero-order valence-electron chi connectivity index (χ0n) is 26.4. The summed E-state index contributed by atoms with van der Waals surface area (Å²) in [5.74, 6) is -1.12. The van der Waals surface area contributed by atoms with Gasteiger partial charge in [-0.3, -0.25) is 14.5 Å². The third kappa shape index (κ3) is 7.47. The van der Waals surface area contributed by atoms with Gasteiger partial charge in [0.05, 0.1) is 44.2 Å². The van der Waals surface area contributed by atoms with Crippen molar-refractivity contribution in [3.8, 4) is 17.2 Å². The molecule has 0 saturated carbocycles. The standard InChI is InChI=1S/C34H40N2O8S/c1-6-9-11-19-44-25-17-14-23(20-26(25)42-8-3)28-27(29(37)22-12-15-24(16-13-22)43-18-10-7-2)30(38)32(39)36(28)34-35-21(4)31(45-34)33(40)41-5/h12-17,20,28,37H,6-11,18-19H2,1-5H3/b29-27-. The van der Waals surface area contributed by atoms with Gasteiger partial charge in [0.25, 0.3) is 5.78 Å². The number of aliphatic hydroxyl groups is 1. The molecule has 3 aromatic rings. The lowest BCUT2D eigenvalue weighted by molar-refractivity contribution is -0.132. The van der Waals surface area contributed by atoms with Gasteiger partial charge < -0.3 is 24.1 Å². The minimum atomic E-state index is -1.07. The van der Waals surface area contributed by atoms with Gasteiger partial charge in [-0.1, -0.05) is 50.5 Å². The summed E-state index contributed by atoms with van der Waals surface area (Å²) in [4.78, 5) is 45.7. The van der Waals surface area contributed by atoms with Crippen LogP contribution in [-0.2, 0) is 14.3 Å². The van der Waals surface area contributed by atoms with Crippen molar-refractivity contribution < 1.29 is 38.4 Å². The van der Waals surface area contributed by atoms with Gasteiger partial charge >= 0.3 is 11.9 Å². The number of aliphatic hydroxyl groups excluding tert-OH is 1. The molecule has 45 heavy (non-hydrogen) atoms. The van der Waals surface area contributed by atoms with Crippen LogP contribution in [0.25, 0.3) is 5.76 Å². The number of methoxy groups -OCH3 is 1. The van der Waals surface area contributed by atoms with Crippen molar-refractivity contribution in [1.29, 1.82) is 0 Å². The van der Waals surface area contributed by atoms with Crippen molar-refractivity contribution in [3.63, 3.8) is 0 Å². The van der Waals surface area contributed by atoms with E-state index in [-0.39, 0.29) is 21.3 Å². The van der Waals surface area contributed by atoms with E-state index in [1.807, 2.05) is 6.92 Å². The van der Waals surface area contributed by atoms with Crippen molar-refractivity contribution in [3.05, 3.63) is 69.7 Å². The van der Waals surface area contributed by atoms with E-state index in [1.165, 1.54) is 12.0 Å². The highest BCUT2D eigenvalue weighted by Gasteiger charge is 2.48. The first kappa shape index (κ1) is 33.5. The number of benzene rings is 2. The smallest absolute Gasteiger partial charge is 0.350 e. The molecule has 4 rings (SSSR count). The molecule has 240 valence electrons. The molecule has 0 bridgehead atoms. The zero-order chi connectivity index (χ0) is 32.5. The van der Waals surface area contributed by atoms with Crippen LogP contribution in [0.4, 0.5) is 5.13 Å². The molecular formula is C34H40N2O8S. The highest BCUT2D eigenvalue weighted by atomic mass is 32.1. The minimum Gasteiger partial charge on any atom is -0.507 e. The Bertz CT molecular complexity index is 1550. The Morgan fingerprint density at radius 2 is 1.64 bits per heavy atom. The number of carbonyl (C=O) groups is 3. The average Bonchev–Trinajstić information content (AvgIpc) is 3.55. The third-order valence-electron chi connectivity index (χ3n) is 7.29. The first-order valence-electron chi connectivity index (χ1n) is 15.2. The fourth-order valence-corrected chi connectivity index (χ4v) is 5.94. The molecule has 1 fully saturated rings. The molecule has 0 radical (unpaired) electrons. The topological polar surface area (TPSA) is 124 Å². The summed E-state index contributed by atoms with van der Waals surface area (Å²) in [7, 11) is 1.26. The molecule has 11 heteroatoms. The van der Waals surface area contributed by atoms with Crippen LogP contribution in [0.2, 0.25) is 0 Å². The van der Waals surface area contributed by atoms with Crippen molar-refractivity contribution in [2.24, 2.45) is 0 Å². The predicted molar refractivity (Wildman–Crippen MR) is 172 cm³/mol. The fourth-order valence-electron chi connectivity index (χ4n) is 4.93. The van der Waals surface area contributed by atoms with Crippen LogP contribution in [0, 0.1) is 6.92 Å². The molecule has 1 aliphatic rings. The van der Waals surface area contributed by atoms with Crippen LogP contribution in [0.15, 0.2) is 48.0 Å². The molecule has 1 unspecified atom stereocenters. The number of rotatable bonds is 15. The molecule has 0 aliphatic carbocycles. The third-order valence-corrected chi connectivity index (χ3v) is 8.43. The Morgan fingerprint density at radius 3 is 2.31 bits per heavy atom. The number of anilines is 1. The van der Waals surface area contributed by atoms with Gasteiger partial charge in [-0.25, -0.2) is 9.78 Å². The molecule has 1 atom stereocenters. The quantitative estimate of drug-likeness (QED) is 0.0617. The van der Waals surface area contributed by atoms with Gasteiger partial charge in [-0.05, 0) is 68.7 Å². The summed E-state index contributed by atoms with van der Waals surface area (Å²) in [6.07, 6.45) is 4.88. The van der Waals surface area contributed by atoms with Crippen molar-refractivity contribution in [2.45, 2.75) is 65.8 Å². The van der Waals surface area contributed by atoms with Crippen LogP contribution in [0.3, 0.4) is 0 Å². The molecule has 2 heterocycles. The Morgan fingerprint density at radius 1 is 0.933 bits per heavy atom. The number of Topliss-reactive ketones (excluding diaryl/α,β-unsaturated/α-hetero) is 1. The second-order valence-electron chi connectivity index (χ2n) is 10.5. The number of thiazole rings is 1. The Hall–Kier alpha value is -4.38. The van der Waals surface area contributed by atoms with Crippen molar-refractivity contribution in [1.82, 2.24) is 4.98 Å². The molecule has 2 aromatic carbocycles. The normalized spacial score (nSPS) is 15.8. The number of unbranched alkanes of at least 4 members (excludes halogenated alkanes) is 3. The summed E-state index contributed by atoms with van der Waals surface area (Å²) in [6.45, 7) is 9.10. The van der Waals surface area contributed by atoms with E-state index in [0.29, 0.717) is 53.9 Å². The number of ether oxygens (including phenoxy) is 4. The van der Waals surface area contributed by atoms with Crippen LogP contribution in [0.5, 0.6) is 17.2 Å². The largest absolute Gasteiger partial charge is 0.507 e. The number of hydrogen-bond acceptors (Lipinski definition) is 10. The van der Waals surface area contributed by atoms with Gasteiger partial charge in [-0.15, -0.1) is 0 Å². The van der Waals surface area contributed by atoms with E-state index >= 15 is 0 Å². The Labute approximate surface area is 267 Å². The van der Waals surface area contributed by atoms with Gasteiger partial charge in [0, 0.05) is 5.56 Å². The van der Waals surface area contributed by atoms with E-state index in [9.17, 15) is 19.5 Å². The number of esters is 1. The number of aromatic nitrogens is 1. The maximum atomic E-state index is 13.7. The lowest BCUT2D eigenvalue weighted by Gasteiger charge is -2.24. The van der Waals surface area contributed by atoms with Gasteiger partial charge in [0.1, 0.15) is 16.4 Å². The van der Waals surface area contributed by atoms with E-state index in [2.05, 4.69) is 18.8 Å². The number of carbonyl (C=O) groups excluding carboxylic acids is 3. The molecule has 1 N–H and O–H groups in total. The monoisotopic (exact) mass is 636 g/mol. The minimum absolute atomic E-state index is 0.119. The maximum absolute atomic E-state index is 13.7.